The maximum absolute atomic E-state index is 12.3. The molecule has 1 aromatic carbocycles. The first kappa shape index (κ1) is 21.5. The molecule has 154 valence electrons. The minimum absolute atomic E-state index is 0.0278. The summed E-state index contributed by atoms with van der Waals surface area (Å²) in [6, 6.07) is 5.22. The summed E-state index contributed by atoms with van der Waals surface area (Å²) < 4.78 is 10.4. The molecule has 0 spiro atoms. The fourth-order valence-corrected chi connectivity index (χ4v) is 3.65. The van der Waals surface area contributed by atoms with Gasteiger partial charge in [0.15, 0.2) is 17.5 Å². The van der Waals surface area contributed by atoms with Gasteiger partial charge in [-0.2, -0.15) is 0 Å². The number of methoxy groups -OCH3 is 2. The number of aliphatic imine (C=N–C) groups is 1. The number of nitrogens with one attached hydrogen (secondary N) is 1. The first-order valence-electron chi connectivity index (χ1n) is 9.46. The number of amides is 2. The summed E-state index contributed by atoms with van der Waals surface area (Å²) in [4.78, 5) is 28.8. The topological polar surface area (TPSA) is 129 Å². The minimum Gasteiger partial charge on any atom is -0.493 e. The van der Waals surface area contributed by atoms with Gasteiger partial charge in [0, 0.05) is 0 Å². The monoisotopic (exact) mass is 390 g/mol. The van der Waals surface area contributed by atoms with Crippen LogP contribution in [0.15, 0.2) is 23.2 Å². The molecule has 0 bridgehead atoms. The molecular formula is C20H30N4O4. The van der Waals surface area contributed by atoms with Gasteiger partial charge >= 0.3 is 0 Å². The number of rotatable bonds is 7. The Bertz CT molecular complexity index is 744. The van der Waals surface area contributed by atoms with Crippen molar-refractivity contribution in [1.29, 1.82) is 0 Å². The molecule has 1 aromatic rings. The van der Waals surface area contributed by atoms with Gasteiger partial charge in [-0.05, 0) is 43.4 Å². The Labute approximate surface area is 165 Å². The number of hydrogen-bond donors (Lipinski definition) is 3. The lowest BCUT2D eigenvalue weighted by atomic mass is 9.75. The smallest absolute Gasteiger partial charge is 0.245 e. The van der Waals surface area contributed by atoms with Crippen molar-refractivity contribution >= 4 is 17.8 Å². The van der Waals surface area contributed by atoms with Gasteiger partial charge in [0.05, 0.1) is 20.6 Å². The standard InChI is InChI=1S/C20H30N4O4/c1-20(18(21)26,14-7-5-4-6-8-14)24-19(22)23-17(25)12-13-9-10-15(27-2)16(11-13)28-3/h9-11,14H,4-8,12H2,1-3H3,(H2,21,26)(H3,22,23,24,25). The highest BCUT2D eigenvalue weighted by Crippen LogP contribution is 2.35. The third-order valence-electron chi connectivity index (χ3n) is 5.33. The molecule has 0 saturated heterocycles. The zero-order valence-electron chi connectivity index (χ0n) is 16.8. The second-order valence-corrected chi connectivity index (χ2v) is 7.26. The Morgan fingerprint density at radius 3 is 2.36 bits per heavy atom. The molecule has 2 amide bonds. The number of carbonyl (C=O) groups excluding carboxylic acids is 2. The van der Waals surface area contributed by atoms with Gasteiger partial charge < -0.3 is 20.9 Å². The Kier molecular flexibility index (Phi) is 7.25. The van der Waals surface area contributed by atoms with E-state index < -0.39 is 11.4 Å². The molecule has 0 radical (unpaired) electrons. The minimum atomic E-state index is -1.12. The van der Waals surface area contributed by atoms with E-state index in [0.717, 1.165) is 37.7 Å². The molecule has 1 atom stereocenters. The fourth-order valence-electron chi connectivity index (χ4n) is 3.65. The quantitative estimate of drug-likeness (QED) is 0.480. The van der Waals surface area contributed by atoms with Crippen LogP contribution in [0.5, 0.6) is 11.5 Å². The lowest BCUT2D eigenvalue weighted by Crippen LogP contribution is -2.50. The third-order valence-corrected chi connectivity index (χ3v) is 5.33. The van der Waals surface area contributed by atoms with Crippen LogP contribution in [-0.4, -0.2) is 37.5 Å². The Morgan fingerprint density at radius 2 is 1.79 bits per heavy atom. The van der Waals surface area contributed by atoms with Crippen molar-refractivity contribution in [1.82, 2.24) is 5.32 Å². The summed E-state index contributed by atoms with van der Waals surface area (Å²) in [6.45, 7) is 1.69. The van der Waals surface area contributed by atoms with Crippen LogP contribution in [0.2, 0.25) is 0 Å². The lowest BCUT2D eigenvalue weighted by molar-refractivity contribution is -0.125. The second kappa shape index (κ2) is 9.43. The van der Waals surface area contributed by atoms with E-state index in [1.54, 1.807) is 32.2 Å². The predicted octanol–water partition coefficient (Wildman–Crippen LogP) is 1.50. The van der Waals surface area contributed by atoms with E-state index in [1.807, 2.05) is 0 Å². The summed E-state index contributed by atoms with van der Waals surface area (Å²) in [5.41, 5.74) is 11.2. The molecule has 1 aliphatic rings. The van der Waals surface area contributed by atoms with Gasteiger partial charge in [0.2, 0.25) is 11.8 Å². The van der Waals surface area contributed by atoms with Crippen molar-refractivity contribution in [2.24, 2.45) is 22.4 Å². The van der Waals surface area contributed by atoms with Crippen LogP contribution in [0.1, 0.15) is 44.6 Å². The van der Waals surface area contributed by atoms with E-state index >= 15 is 0 Å². The fraction of sp³-hybridized carbons (Fsp3) is 0.550. The molecule has 1 aliphatic carbocycles. The summed E-state index contributed by atoms with van der Waals surface area (Å²) in [5, 5.41) is 2.55. The van der Waals surface area contributed by atoms with Gasteiger partial charge in [-0.3, -0.25) is 14.9 Å². The van der Waals surface area contributed by atoms with Crippen molar-refractivity contribution in [3.63, 3.8) is 0 Å². The average Bonchev–Trinajstić information content (AvgIpc) is 2.67. The van der Waals surface area contributed by atoms with Crippen molar-refractivity contribution in [3.05, 3.63) is 23.8 Å². The molecule has 1 saturated carbocycles. The van der Waals surface area contributed by atoms with E-state index in [9.17, 15) is 9.59 Å². The zero-order chi connectivity index (χ0) is 20.7. The number of ether oxygens (including phenoxy) is 2. The number of benzene rings is 1. The van der Waals surface area contributed by atoms with E-state index in [4.69, 9.17) is 20.9 Å². The van der Waals surface area contributed by atoms with E-state index in [1.165, 1.54) is 7.11 Å². The molecule has 2 rings (SSSR count). The van der Waals surface area contributed by atoms with E-state index in [-0.39, 0.29) is 24.2 Å². The molecule has 28 heavy (non-hydrogen) atoms. The number of hydrogen-bond acceptors (Lipinski definition) is 5. The van der Waals surface area contributed by atoms with Crippen molar-refractivity contribution in [2.45, 2.75) is 51.0 Å². The maximum Gasteiger partial charge on any atom is 0.245 e. The van der Waals surface area contributed by atoms with Crippen LogP contribution in [0.4, 0.5) is 0 Å². The highest BCUT2D eigenvalue weighted by molar-refractivity contribution is 5.98. The summed E-state index contributed by atoms with van der Waals surface area (Å²) in [5.74, 6) is 0.170. The molecule has 5 N–H and O–H groups in total. The highest BCUT2D eigenvalue weighted by Gasteiger charge is 2.40. The number of guanidine groups is 1. The van der Waals surface area contributed by atoms with Crippen molar-refractivity contribution in [2.75, 3.05) is 14.2 Å². The maximum atomic E-state index is 12.3. The van der Waals surface area contributed by atoms with Gasteiger partial charge in [-0.25, -0.2) is 4.99 Å². The SMILES string of the molecule is COc1ccc(CC(=O)NC(N)=NC(C)(C(N)=O)C2CCCCC2)cc1OC. The van der Waals surface area contributed by atoms with Crippen LogP contribution in [0.25, 0.3) is 0 Å². The predicted molar refractivity (Wildman–Crippen MR) is 107 cm³/mol. The van der Waals surface area contributed by atoms with E-state index in [2.05, 4.69) is 10.3 Å². The molecule has 8 heteroatoms. The van der Waals surface area contributed by atoms with Crippen LogP contribution < -0.4 is 26.3 Å². The Hall–Kier alpha value is -2.77. The third kappa shape index (κ3) is 5.15. The van der Waals surface area contributed by atoms with Gasteiger partial charge in [-0.15, -0.1) is 0 Å². The van der Waals surface area contributed by atoms with Crippen molar-refractivity contribution < 1.29 is 19.1 Å². The van der Waals surface area contributed by atoms with Crippen LogP contribution in [0.3, 0.4) is 0 Å². The summed E-state index contributed by atoms with van der Waals surface area (Å²) in [6.07, 6.45) is 5.04. The first-order chi connectivity index (χ1) is 13.3. The lowest BCUT2D eigenvalue weighted by Gasteiger charge is -2.34. The van der Waals surface area contributed by atoms with Crippen LogP contribution in [0, 0.1) is 5.92 Å². The first-order valence-corrected chi connectivity index (χ1v) is 9.46. The number of carbonyl (C=O) groups is 2. The summed E-state index contributed by atoms with van der Waals surface area (Å²) in [7, 11) is 3.08. The largest absolute Gasteiger partial charge is 0.493 e. The molecule has 8 nitrogen and oxygen atoms in total. The van der Waals surface area contributed by atoms with Gasteiger partial charge in [-0.1, -0.05) is 25.3 Å². The van der Waals surface area contributed by atoms with Gasteiger partial charge in [0.1, 0.15) is 5.54 Å². The number of primary amides is 1. The van der Waals surface area contributed by atoms with Crippen molar-refractivity contribution in [3.8, 4) is 11.5 Å². The number of nitrogens with two attached hydrogens (primary N) is 2. The molecule has 0 aliphatic heterocycles. The normalized spacial score (nSPS) is 17.5. The van der Waals surface area contributed by atoms with Crippen LogP contribution in [-0.2, 0) is 16.0 Å². The molecule has 1 unspecified atom stereocenters. The second-order valence-electron chi connectivity index (χ2n) is 7.26. The zero-order valence-corrected chi connectivity index (χ0v) is 16.8. The van der Waals surface area contributed by atoms with Gasteiger partial charge in [0.25, 0.3) is 0 Å². The Morgan fingerprint density at radius 1 is 1.14 bits per heavy atom. The molecule has 0 heterocycles. The summed E-state index contributed by atoms with van der Waals surface area (Å²) >= 11 is 0. The average molecular weight is 390 g/mol. The van der Waals surface area contributed by atoms with Crippen LogP contribution >= 0.6 is 0 Å². The molecule has 1 fully saturated rings. The highest BCUT2D eigenvalue weighted by atomic mass is 16.5. The molecule has 0 aromatic heterocycles. The molecular weight excluding hydrogens is 360 g/mol. The Balaban J connectivity index is 2.08. The number of nitrogens with zero attached hydrogens (tertiary/aromatic N) is 1. The van der Waals surface area contributed by atoms with E-state index in [0.29, 0.717) is 11.5 Å².